The lowest BCUT2D eigenvalue weighted by Gasteiger charge is -2.12. The lowest BCUT2D eigenvalue weighted by molar-refractivity contribution is 0.0951. The zero-order chi connectivity index (χ0) is 17.7. The van der Waals surface area contributed by atoms with Crippen LogP contribution in [0.3, 0.4) is 0 Å². The second kappa shape index (κ2) is 7.72. The maximum absolute atomic E-state index is 12.1. The van der Waals surface area contributed by atoms with Crippen LogP contribution in [-0.2, 0) is 4.74 Å². The minimum Gasteiger partial charge on any atom is -0.503 e. The highest BCUT2D eigenvalue weighted by Gasteiger charge is 2.16. The number of ether oxygens (including phenoxy) is 3. The van der Waals surface area contributed by atoms with E-state index in [-0.39, 0.29) is 35.1 Å². The number of aromatic nitrogens is 1. The summed E-state index contributed by atoms with van der Waals surface area (Å²) in [5.41, 5.74) is -0.491. The van der Waals surface area contributed by atoms with Gasteiger partial charge >= 0.3 is 6.16 Å². The first kappa shape index (κ1) is 17.7. The Morgan fingerprint density at radius 2 is 2.04 bits per heavy atom. The number of hydrogen-bond acceptors (Lipinski definition) is 6. The third-order valence-corrected chi connectivity index (χ3v) is 3.21. The normalized spacial score (nSPS) is 10.8. The lowest BCUT2D eigenvalue weighted by Crippen LogP contribution is -2.16. The van der Waals surface area contributed by atoms with E-state index in [1.807, 2.05) is 20.8 Å². The van der Waals surface area contributed by atoms with Gasteiger partial charge in [-0.1, -0.05) is 13.3 Å². The number of benzene rings is 1. The number of hydrogen-bond donors (Lipinski definition) is 2. The van der Waals surface area contributed by atoms with E-state index in [2.05, 4.69) is 4.98 Å². The summed E-state index contributed by atoms with van der Waals surface area (Å²) >= 11 is 0. The number of nitrogens with one attached hydrogen (secondary N) is 1. The topological polar surface area (TPSA) is 97.9 Å². The van der Waals surface area contributed by atoms with Crippen LogP contribution in [0.5, 0.6) is 17.4 Å². The van der Waals surface area contributed by atoms with E-state index >= 15 is 0 Å². The Labute approximate surface area is 139 Å². The maximum atomic E-state index is 12.1. The second-order valence-electron chi connectivity index (χ2n) is 5.56. The molecule has 0 amide bonds. The number of aromatic amines is 1. The maximum Gasteiger partial charge on any atom is 0.515 e. The van der Waals surface area contributed by atoms with Crippen LogP contribution in [-0.4, -0.2) is 29.0 Å². The van der Waals surface area contributed by atoms with Crippen LogP contribution in [0.25, 0.3) is 10.8 Å². The van der Waals surface area contributed by atoms with Crippen LogP contribution >= 0.6 is 0 Å². The van der Waals surface area contributed by atoms with Gasteiger partial charge < -0.3 is 19.3 Å². The Morgan fingerprint density at radius 3 is 2.71 bits per heavy atom. The largest absolute Gasteiger partial charge is 0.515 e. The van der Waals surface area contributed by atoms with Crippen LogP contribution in [0.1, 0.15) is 33.6 Å². The van der Waals surface area contributed by atoms with Gasteiger partial charge in [-0.05, 0) is 38.5 Å². The summed E-state index contributed by atoms with van der Waals surface area (Å²) in [5.74, 6) is -0.211. The minimum absolute atomic E-state index is 0.0594. The summed E-state index contributed by atoms with van der Waals surface area (Å²) in [6.07, 6.45) is 0.522. The van der Waals surface area contributed by atoms with Gasteiger partial charge in [-0.3, -0.25) is 9.78 Å². The fourth-order valence-electron chi connectivity index (χ4n) is 2.10. The van der Waals surface area contributed by atoms with Gasteiger partial charge in [-0.25, -0.2) is 4.79 Å². The molecule has 0 aliphatic carbocycles. The number of carbonyl (C=O) groups excluding carboxylic acids is 1. The van der Waals surface area contributed by atoms with Crippen molar-refractivity contribution in [3.8, 4) is 17.4 Å². The third-order valence-electron chi connectivity index (χ3n) is 3.21. The smallest absolute Gasteiger partial charge is 0.503 e. The number of pyridine rings is 1. The third kappa shape index (κ3) is 4.18. The molecule has 0 saturated carbocycles. The van der Waals surface area contributed by atoms with Crippen molar-refractivity contribution in [2.45, 2.75) is 39.7 Å². The molecule has 7 heteroatoms. The number of H-pyrrole nitrogens is 1. The van der Waals surface area contributed by atoms with Crippen LogP contribution in [0.15, 0.2) is 23.0 Å². The summed E-state index contributed by atoms with van der Waals surface area (Å²) in [5, 5.41) is 10.8. The molecule has 2 N–H and O–H groups in total. The van der Waals surface area contributed by atoms with Gasteiger partial charge in [-0.15, -0.1) is 0 Å². The van der Waals surface area contributed by atoms with Crippen LogP contribution in [0, 0.1) is 0 Å². The Hall–Kier alpha value is -2.70. The van der Waals surface area contributed by atoms with Crippen molar-refractivity contribution in [3.05, 3.63) is 28.6 Å². The molecular weight excluding hydrogens is 314 g/mol. The average Bonchev–Trinajstić information content (AvgIpc) is 2.52. The lowest BCUT2D eigenvalue weighted by atomic mass is 10.1. The number of unbranched alkanes of at least 4 members (excludes halogenated alkanes) is 1. The number of fused-ring (bicyclic) bond motifs is 1. The molecule has 0 radical (unpaired) electrons. The van der Waals surface area contributed by atoms with E-state index in [1.165, 1.54) is 12.1 Å². The summed E-state index contributed by atoms with van der Waals surface area (Å²) in [6.45, 7) is 5.89. The van der Waals surface area contributed by atoms with Gasteiger partial charge in [0.1, 0.15) is 5.75 Å². The Bertz CT molecular complexity index is 780. The van der Waals surface area contributed by atoms with Crippen molar-refractivity contribution in [3.63, 3.8) is 0 Å². The molecule has 0 bridgehead atoms. The summed E-state index contributed by atoms with van der Waals surface area (Å²) in [4.78, 5) is 26.0. The van der Waals surface area contributed by atoms with E-state index < -0.39 is 11.7 Å². The number of aromatic hydroxyl groups is 1. The highest BCUT2D eigenvalue weighted by Crippen LogP contribution is 2.33. The second-order valence-corrected chi connectivity index (χ2v) is 5.56. The molecule has 0 spiro atoms. The molecule has 0 saturated heterocycles. The SMILES string of the molecule is CCCCOC(=O)Oc1[nH]c(=O)c2ccc(OC(C)C)cc2c1O. The molecule has 24 heavy (non-hydrogen) atoms. The molecule has 130 valence electrons. The van der Waals surface area contributed by atoms with Crippen molar-refractivity contribution in [2.75, 3.05) is 6.61 Å². The van der Waals surface area contributed by atoms with E-state index in [9.17, 15) is 14.7 Å². The fraction of sp³-hybridized carbons (Fsp3) is 0.412. The first-order valence-electron chi connectivity index (χ1n) is 7.82. The first-order chi connectivity index (χ1) is 11.4. The predicted octanol–water partition coefficient (Wildman–Crippen LogP) is 3.34. The fourth-order valence-corrected chi connectivity index (χ4v) is 2.10. The summed E-state index contributed by atoms with van der Waals surface area (Å²) in [7, 11) is 0. The van der Waals surface area contributed by atoms with Gasteiger partial charge in [0.2, 0.25) is 5.88 Å². The number of carbonyl (C=O) groups is 1. The predicted molar refractivity (Wildman–Crippen MR) is 88.9 cm³/mol. The van der Waals surface area contributed by atoms with E-state index in [1.54, 1.807) is 6.07 Å². The molecule has 0 fully saturated rings. The zero-order valence-corrected chi connectivity index (χ0v) is 13.9. The number of rotatable bonds is 6. The van der Waals surface area contributed by atoms with Gasteiger partial charge in [-0.2, -0.15) is 0 Å². The van der Waals surface area contributed by atoms with Crippen molar-refractivity contribution < 1.29 is 24.1 Å². The highest BCUT2D eigenvalue weighted by molar-refractivity contribution is 5.90. The van der Waals surface area contributed by atoms with Gasteiger partial charge in [0.25, 0.3) is 5.56 Å². The first-order valence-corrected chi connectivity index (χ1v) is 7.82. The van der Waals surface area contributed by atoms with Crippen LogP contribution in [0.2, 0.25) is 0 Å². The van der Waals surface area contributed by atoms with E-state index in [0.717, 1.165) is 6.42 Å². The molecular formula is C17H21NO6. The van der Waals surface area contributed by atoms with Crippen molar-refractivity contribution >= 4 is 16.9 Å². The molecule has 2 rings (SSSR count). The molecule has 7 nitrogen and oxygen atoms in total. The zero-order valence-electron chi connectivity index (χ0n) is 13.9. The average molecular weight is 335 g/mol. The molecule has 0 atom stereocenters. The van der Waals surface area contributed by atoms with Gasteiger partial charge in [0.05, 0.1) is 18.1 Å². The van der Waals surface area contributed by atoms with E-state index in [0.29, 0.717) is 12.2 Å². The molecule has 0 aliphatic rings. The molecule has 0 unspecified atom stereocenters. The van der Waals surface area contributed by atoms with Crippen molar-refractivity contribution in [2.24, 2.45) is 0 Å². The minimum atomic E-state index is -0.983. The van der Waals surface area contributed by atoms with Gasteiger partial charge in [0, 0.05) is 5.39 Å². The molecule has 1 heterocycles. The molecule has 2 aromatic rings. The van der Waals surface area contributed by atoms with Crippen LogP contribution in [0.4, 0.5) is 4.79 Å². The van der Waals surface area contributed by atoms with Crippen LogP contribution < -0.4 is 15.0 Å². The van der Waals surface area contributed by atoms with Crippen molar-refractivity contribution in [1.29, 1.82) is 0 Å². The molecule has 1 aromatic heterocycles. The highest BCUT2D eigenvalue weighted by atomic mass is 16.7. The Balaban J connectivity index is 2.32. The quantitative estimate of drug-likeness (QED) is 0.620. The molecule has 0 aliphatic heterocycles. The standard InChI is InChI=1S/C17H21NO6/c1-4-5-8-22-17(21)24-16-14(19)13-9-11(23-10(2)3)6-7-12(13)15(20)18-16/h6-7,9-10,19H,4-5,8H2,1-3H3,(H,18,20). The Morgan fingerprint density at radius 1 is 1.29 bits per heavy atom. The summed E-state index contributed by atoms with van der Waals surface area (Å²) in [6, 6.07) is 4.70. The Kier molecular flexibility index (Phi) is 5.68. The summed E-state index contributed by atoms with van der Waals surface area (Å²) < 4.78 is 15.3. The molecule has 1 aromatic carbocycles. The van der Waals surface area contributed by atoms with Crippen molar-refractivity contribution in [1.82, 2.24) is 4.98 Å². The monoisotopic (exact) mass is 335 g/mol. The van der Waals surface area contributed by atoms with E-state index in [4.69, 9.17) is 14.2 Å². The van der Waals surface area contributed by atoms with Gasteiger partial charge in [0.15, 0.2) is 5.75 Å².